The van der Waals surface area contributed by atoms with Crippen LogP contribution in [0.2, 0.25) is 0 Å². The molecule has 1 N–H and O–H groups in total. The third kappa shape index (κ3) is 4.27. The Morgan fingerprint density at radius 2 is 2.19 bits per heavy atom. The van der Waals surface area contributed by atoms with Gasteiger partial charge in [-0.05, 0) is 30.2 Å². The summed E-state index contributed by atoms with van der Waals surface area (Å²) in [4.78, 5) is 22.2. The van der Waals surface area contributed by atoms with Crippen molar-refractivity contribution in [3.63, 3.8) is 0 Å². The van der Waals surface area contributed by atoms with E-state index in [1.54, 1.807) is 36.6 Å². The van der Waals surface area contributed by atoms with Crippen LogP contribution in [0.3, 0.4) is 0 Å². The maximum Gasteiger partial charge on any atom is 0.272 e. The van der Waals surface area contributed by atoms with Crippen molar-refractivity contribution in [1.82, 2.24) is 14.9 Å². The van der Waals surface area contributed by atoms with E-state index in [-0.39, 0.29) is 5.91 Å². The molecule has 0 aliphatic rings. The summed E-state index contributed by atoms with van der Waals surface area (Å²) in [6, 6.07) is 7.47. The smallest absolute Gasteiger partial charge is 0.272 e. The summed E-state index contributed by atoms with van der Waals surface area (Å²) in [7, 11) is 1.77. The van der Waals surface area contributed by atoms with Crippen LogP contribution < -0.4 is 5.32 Å². The Bertz CT molecular complexity index is 586. The molecule has 1 amide bonds. The maximum atomic E-state index is 12.4. The Balaban J connectivity index is 2.05. The van der Waals surface area contributed by atoms with Crippen LogP contribution in [-0.2, 0) is 6.54 Å². The minimum absolute atomic E-state index is 0.0981. The second kappa shape index (κ2) is 7.38. The number of hydrogen-bond donors (Lipinski definition) is 1. The average molecular weight is 284 g/mol. The standard InChI is InChI=1S/C16H20N4O/c1-3-7-18-14-6-9-19-15(10-14)16(21)20(2)12-13-5-4-8-17-11-13/h4-6,8-11H,3,7,12H2,1-2H3,(H,18,19). The monoisotopic (exact) mass is 284 g/mol. The largest absolute Gasteiger partial charge is 0.385 e. The molecule has 0 radical (unpaired) electrons. The first kappa shape index (κ1) is 15.0. The van der Waals surface area contributed by atoms with E-state index < -0.39 is 0 Å². The van der Waals surface area contributed by atoms with Gasteiger partial charge in [0.05, 0.1) is 0 Å². The van der Waals surface area contributed by atoms with Gasteiger partial charge in [0.1, 0.15) is 5.69 Å². The van der Waals surface area contributed by atoms with Crippen LogP contribution in [0.1, 0.15) is 29.4 Å². The van der Waals surface area contributed by atoms with Crippen LogP contribution >= 0.6 is 0 Å². The molecule has 0 aromatic carbocycles. The quantitative estimate of drug-likeness (QED) is 0.885. The zero-order valence-electron chi connectivity index (χ0n) is 12.4. The number of hydrogen-bond acceptors (Lipinski definition) is 4. The lowest BCUT2D eigenvalue weighted by Gasteiger charge is -2.17. The van der Waals surface area contributed by atoms with Crippen LogP contribution in [0.5, 0.6) is 0 Å². The molecule has 0 atom stereocenters. The fraction of sp³-hybridized carbons (Fsp3) is 0.312. The fourth-order valence-corrected chi connectivity index (χ4v) is 1.96. The Morgan fingerprint density at radius 3 is 2.90 bits per heavy atom. The Hall–Kier alpha value is -2.43. The Kier molecular flexibility index (Phi) is 5.26. The number of pyridine rings is 2. The summed E-state index contributed by atoms with van der Waals surface area (Å²) in [5, 5.41) is 3.26. The summed E-state index contributed by atoms with van der Waals surface area (Å²) >= 11 is 0. The van der Waals surface area contributed by atoms with Crippen molar-refractivity contribution in [1.29, 1.82) is 0 Å². The molecular weight excluding hydrogens is 264 g/mol. The Morgan fingerprint density at radius 1 is 1.33 bits per heavy atom. The number of rotatable bonds is 6. The molecule has 0 unspecified atom stereocenters. The first-order valence-corrected chi connectivity index (χ1v) is 7.05. The van der Waals surface area contributed by atoms with Gasteiger partial charge in [-0.3, -0.25) is 14.8 Å². The van der Waals surface area contributed by atoms with E-state index in [1.807, 2.05) is 18.2 Å². The molecule has 0 saturated carbocycles. The molecule has 2 aromatic rings. The highest BCUT2D eigenvalue weighted by Gasteiger charge is 2.13. The number of carbonyl (C=O) groups excluding carboxylic acids is 1. The lowest BCUT2D eigenvalue weighted by molar-refractivity contribution is 0.0779. The van der Waals surface area contributed by atoms with Crippen molar-refractivity contribution in [2.24, 2.45) is 0 Å². The SMILES string of the molecule is CCCNc1ccnc(C(=O)N(C)Cc2cccnc2)c1. The molecule has 0 aliphatic heterocycles. The lowest BCUT2D eigenvalue weighted by Crippen LogP contribution is -2.27. The second-order valence-corrected chi connectivity index (χ2v) is 4.88. The fourth-order valence-electron chi connectivity index (χ4n) is 1.96. The molecule has 21 heavy (non-hydrogen) atoms. The van der Waals surface area contributed by atoms with Crippen LogP contribution in [0.4, 0.5) is 5.69 Å². The van der Waals surface area contributed by atoms with E-state index in [2.05, 4.69) is 22.2 Å². The minimum Gasteiger partial charge on any atom is -0.385 e. The van der Waals surface area contributed by atoms with Gasteiger partial charge in [0.15, 0.2) is 0 Å². The predicted octanol–water partition coefficient (Wildman–Crippen LogP) is 2.57. The van der Waals surface area contributed by atoms with Gasteiger partial charge < -0.3 is 10.2 Å². The van der Waals surface area contributed by atoms with Crippen LogP contribution in [0.25, 0.3) is 0 Å². The third-order valence-electron chi connectivity index (χ3n) is 3.05. The van der Waals surface area contributed by atoms with E-state index in [9.17, 15) is 4.79 Å². The van der Waals surface area contributed by atoms with Crippen molar-refractivity contribution in [3.05, 3.63) is 54.1 Å². The Labute approximate surface area is 125 Å². The van der Waals surface area contributed by atoms with Gasteiger partial charge in [0, 0.05) is 44.4 Å². The van der Waals surface area contributed by atoms with Crippen LogP contribution in [-0.4, -0.2) is 34.4 Å². The topological polar surface area (TPSA) is 58.1 Å². The van der Waals surface area contributed by atoms with Gasteiger partial charge in [-0.1, -0.05) is 13.0 Å². The van der Waals surface area contributed by atoms with Gasteiger partial charge in [0.2, 0.25) is 0 Å². The molecule has 5 heteroatoms. The van der Waals surface area contributed by atoms with Crippen molar-refractivity contribution in [2.45, 2.75) is 19.9 Å². The van der Waals surface area contributed by atoms with E-state index in [0.29, 0.717) is 12.2 Å². The summed E-state index contributed by atoms with van der Waals surface area (Å²) < 4.78 is 0. The number of nitrogens with zero attached hydrogens (tertiary/aromatic N) is 3. The average Bonchev–Trinajstić information content (AvgIpc) is 2.53. The predicted molar refractivity (Wildman–Crippen MR) is 83.1 cm³/mol. The molecule has 110 valence electrons. The number of aromatic nitrogens is 2. The van der Waals surface area contributed by atoms with Gasteiger partial charge in [0.25, 0.3) is 5.91 Å². The van der Waals surface area contributed by atoms with E-state index in [1.165, 1.54) is 0 Å². The minimum atomic E-state index is -0.0981. The van der Waals surface area contributed by atoms with E-state index in [0.717, 1.165) is 24.2 Å². The number of anilines is 1. The normalized spacial score (nSPS) is 10.2. The van der Waals surface area contributed by atoms with Gasteiger partial charge >= 0.3 is 0 Å². The van der Waals surface area contributed by atoms with Crippen molar-refractivity contribution in [2.75, 3.05) is 18.9 Å². The number of carbonyl (C=O) groups is 1. The van der Waals surface area contributed by atoms with Crippen molar-refractivity contribution < 1.29 is 4.79 Å². The highest BCUT2D eigenvalue weighted by atomic mass is 16.2. The molecule has 2 heterocycles. The van der Waals surface area contributed by atoms with E-state index in [4.69, 9.17) is 0 Å². The molecule has 0 spiro atoms. The molecule has 0 fully saturated rings. The van der Waals surface area contributed by atoms with E-state index >= 15 is 0 Å². The van der Waals surface area contributed by atoms with Gasteiger partial charge in [-0.25, -0.2) is 0 Å². The van der Waals surface area contributed by atoms with Crippen molar-refractivity contribution >= 4 is 11.6 Å². The highest BCUT2D eigenvalue weighted by Crippen LogP contribution is 2.11. The first-order valence-electron chi connectivity index (χ1n) is 7.05. The first-order chi connectivity index (χ1) is 10.2. The zero-order chi connectivity index (χ0) is 15.1. The molecule has 2 rings (SSSR count). The molecular formula is C16H20N4O. The molecule has 5 nitrogen and oxygen atoms in total. The second-order valence-electron chi connectivity index (χ2n) is 4.88. The summed E-state index contributed by atoms with van der Waals surface area (Å²) in [6.07, 6.45) is 6.17. The summed E-state index contributed by atoms with van der Waals surface area (Å²) in [5.74, 6) is -0.0981. The zero-order valence-corrected chi connectivity index (χ0v) is 12.4. The number of amides is 1. The van der Waals surface area contributed by atoms with Gasteiger partial charge in [-0.15, -0.1) is 0 Å². The maximum absolute atomic E-state index is 12.4. The van der Waals surface area contributed by atoms with Crippen LogP contribution in [0.15, 0.2) is 42.9 Å². The van der Waals surface area contributed by atoms with Crippen LogP contribution in [0, 0.1) is 0 Å². The highest BCUT2D eigenvalue weighted by molar-refractivity contribution is 5.92. The lowest BCUT2D eigenvalue weighted by atomic mass is 10.2. The van der Waals surface area contributed by atoms with Gasteiger partial charge in [-0.2, -0.15) is 0 Å². The molecule has 2 aromatic heterocycles. The van der Waals surface area contributed by atoms with Crippen molar-refractivity contribution in [3.8, 4) is 0 Å². The summed E-state index contributed by atoms with van der Waals surface area (Å²) in [5.41, 5.74) is 2.36. The molecule has 0 aliphatic carbocycles. The molecule has 0 bridgehead atoms. The summed E-state index contributed by atoms with van der Waals surface area (Å²) in [6.45, 7) is 3.49. The number of nitrogens with one attached hydrogen (secondary N) is 1. The molecule has 0 saturated heterocycles. The third-order valence-corrected chi connectivity index (χ3v) is 3.05.